The van der Waals surface area contributed by atoms with Crippen molar-refractivity contribution in [1.29, 1.82) is 0 Å². The average molecular weight is 223 g/mol. The van der Waals surface area contributed by atoms with Gasteiger partial charge in [-0.15, -0.1) is 0 Å². The lowest BCUT2D eigenvalue weighted by Gasteiger charge is -2.13. The summed E-state index contributed by atoms with van der Waals surface area (Å²) in [5, 5.41) is 9.06. The Morgan fingerprint density at radius 1 is 1.25 bits per heavy atom. The van der Waals surface area contributed by atoms with E-state index in [1.807, 2.05) is 0 Å². The number of rotatable bonds is 4. The van der Waals surface area contributed by atoms with Gasteiger partial charge in [0.1, 0.15) is 0 Å². The first-order valence-electron chi connectivity index (χ1n) is 5.95. The summed E-state index contributed by atoms with van der Waals surface area (Å²) < 4.78 is 13.0. The highest BCUT2D eigenvalue weighted by Gasteiger charge is 2.10. The molecule has 0 amide bonds. The summed E-state index contributed by atoms with van der Waals surface area (Å²) in [5.41, 5.74) is 0.967. The van der Waals surface area contributed by atoms with Gasteiger partial charge in [0.2, 0.25) is 0 Å². The van der Waals surface area contributed by atoms with Gasteiger partial charge in [0.25, 0.3) is 0 Å². The Hall–Kier alpha value is -1.09. The van der Waals surface area contributed by atoms with E-state index >= 15 is 0 Å². The van der Waals surface area contributed by atoms with Crippen LogP contribution in [0, 0.1) is 5.82 Å². The third-order valence-corrected chi connectivity index (χ3v) is 3.15. The summed E-state index contributed by atoms with van der Waals surface area (Å²) >= 11 is 0. The Labute approximate surface area is 95.7 Å². The number of halogens is 1. The Kier molecular flexibility index (Phi) is 3.78. The van der Waals surface area contributed by atoms with Crippen LogP contribution in [0.4, 0.5) is 4.39 Å². The van der Waals surface area contributed by atoms with Crippen molar-refractivity contribution < 1.29 is 9.50 Å². The molecule has 2 rings (SSSR count). The molecule has 1 heterocycles. The zero-order chi connectivity index (χ0) is 11.4. The number of aryl methyl sites for hydroxylation is 1. The molecule has 1 N–H and O–H groups in total. The number of phenols is 1. The predicted molar refractivity (Wildman–Crippen MR) is 62.1 cm³/mol. The fraction of sp³-hybridized carbons (Fsp3) is 0.538. The number of phenolic OH excluding ortho intramolecular Hbond substituents is 1. The van der Waals surface area contributed by atoms with Crippen molar-refractivity contribution in [3.05, 3.63) is 29.6 Å². The number of likely N-dealkylation sites (tertiary alicyclic amines) is 1. The molecule has 0 saturated carbocycles. The molecule has 88 valence electrons. The van der Waals surface area contributed by atoms with Crippen LogP contribution in [0.3, 0.4) is 0 Å². The van der Waals surface area contributed by atoms with Gasteiger partial charge in [-0.05, 0) is 63.0 Å². The van der Waals surface area contributed by atoms with E-state index in [-0.39, 0.29) is 5.75 Å². The maximum Gasteiger partial charge on any atom is 0.165 e. The Bertz CT molecular complexity index is 348. The largest absolute Gasteiger partial charge is 0.505 e. The molecule has 0 bridgehead atoms. The second kappa shape index (κ2) is 5.30. The molecule has 0 unspecified atom stereocenters. The molecule has 0 atom stereocenters. The fourth-order valence-corrected chi connectivity index (χ4v) is 2.22. The first-order valence-corrected chi connectivity index (χ1v) is 5.95. The fourth-order valence-electron chi connectivity index (χ4n) is 2.22. The minimum Gasteiger partial charge on any atom is -0.505 e. The third-order valence-electron chi connectivity index (χ3n) is 3.15. The van der Waals surface area contributed by atoms with Crippen LogP contribution in [0.15, 0.2) is 18.2 Å². The van der Waals surface area contributed by atoms with E-state index in [2.05, 4.69) is 4.90 Å². The second-order valence-corrected chi connectivity index (χ2v) is 4.44. The molecule has 1 aliphatic rings. The van der Waals surface area contributed by atoms with Gasteiger partial charge >= 0.3 is 0 Å². The van der Waals surface area contributed by atoms with Gasteiger partial charge < -0.3 is 10.0 Å². The topological polar surface area (TPSA) is 23.5 Å². The van der Waals surface area contributed by atoms with Crippen LogP contribution in [-0.4, -0.2) is 29.6 Å². The molecule has 0 radical (unpaired) electrons. The van der Waals surface area contributed by atoms with Crippen LogP contribution in [0.2, 0.25) is 0 Å². The van der Waals surface area contributed by atoms with E-state index in [0.717, 1.165) is 24.9 Å². The van der Waals surface area contributed by atoms with E-state index in [9.17, 15) is 4.39 Å². The summed E-state index contributed by atoms with van der Waals surface area (Å²) in [4.78, 5) is 2.46. The number of nitrogens with zero attached hydrogens (tertiary/aromatic N) is 1. The normalized spacial score (nSPS) is 16.8. The van der Waals surface area contributed by atoms with Gasteiger partial charge in [-0.1, -0.05) is 6.07 Å². The quantitative estimate of drug-likeness (QED) is 0.848. The van der Waals surface area contributed by atoms with Crippen LogP contribution in [0.1, 0.15) is 24.8 Å². The molecule has 3 heteroatoms. The van der Waals surface area contributed by atoms with E-state index in [0.29, 0.717) is 0 Å². The minimum atomic E-state index is -0.515. The molecular weight excluding hydrogens is 205 g/mol. The molecule has 2 nitrogen and oxygen atoms in total. The Balaban J connectivity index is 1.78. The third kappa shape index (κ3) is 2.95. The molecule has 1 saturated heterocycles. The SMILES string of the molecule is Oc1ccc(CCCN2CCCC2)cc1F. The lowest BCUT2D eigenvalue weighted by Crippen LogP contribution is -2.20. The highest BCUT2D eigenvalue weighted by molar-refractivity contribution is 5.28. The lowest BCUT2D eigenvalue weighted by atomic mass is 10.1. The van der Waals surface area contributed by atoms with E-state index in [1.165, 1.54) is 38.1 Å². The molecule has 16 heavy (non-hydrogen) atoms. The van der Waals surface area contributed by atoms with Gasteiger partial charge in [-0.2, -0.15) is 0 Å². The molecule has 0 aromatic heterocycles. The highest BCUT2D eigenvalue weighted by Crippen LogP contribution is 2.17. The monoisotopic (exact) mass is 223 g/mol. The van der Waals surface area contributed by atoms with Gasteiger partial charge in [0.05, 0.1) is 0 Å². The van der Waals surface area contributed by atoms with Crippen molar-refractivity contribution in [3.8, 4) is 5.75 Å². The van der Waals surface area contributed by atoms with Gasteiger partial charge in [-0.3, -0.25) is 0 Å². The summed E-state index contributed by atoms with van der Waals surface area (Å²) in [7, 11) is 0. The standard InChI is InChI=1S/C13H18FNO/c14-12-10-11(5-6-13(12)16)4-3-9-15-7-1-2-8-15/h5-6,10,16H,1-4,7-9H2. The van der Waals surface area contributed by atoms with Crippen molar-refractivity contribution in [2.45, 2.75) is 25.7 Å². The van der Waals surface area contributed by atoms with Gasteiger partial charge in [0.15, 0.2) is 11.6 Å². The Morgan fingerprint density at radius 3 is 2.69 bits per heavy atom. The van der Waals surface area contributed by atoms with Crippen LogP contribution < -0.4 is 0 Å². The first-order chi connectivity index (χ1) is 7.75. The molecule has 1 aromatic rings. The van der Waals surface area contributed by atoms with Crippen LogP contribution in [0.5, 0.6) is 5.75 Å². The highest BCUT2D eigenvalue weighted by atomic mass is 19.1. The van der Waals surface area contributed by atoms with Crippen molar-refractivity contribution in [2.75, 3.05) is 19.6 Å². The van der Waals surface area contributed by atoms with Crippen molar-refractivity contribution >= 4 is 0 Å². The van der Waals surface area contributed by atoms with Gasteiger partial charge in [0, 0.05) is 0 Å². The van der Waals surface area contributed by atoms with Crippen molar-refractivity contribution in [2.24, 2.45) is 0 Å². The molecular formula is C13H18FNO. The van der Waals surface area contributed by atoms with Gasteiger partial charge in [-0.25, -0.2) is 4.39 Å². The molecule has 1 aromatic carbocycles. The van der Waals surface area contributed by atoms with Crippen molar-refractivity contribution in [1.82, 2.24) is 4.90 Å². The number of hydrogen-bond donors (Lipinski definition) is 1. The molecule has 1 aliphatic heterocycles. The molecule has 0 spiro atoms. The number of aromatic hydroxyl groups is 1. The summed E-state index contributed by atoms with van der Waals surface area (Å²) in [5.74, 6) is -0.776. The molecule has 1 fully saturated rings. The summed E-state index contributed by atoms with van der Waals surface area (Å²) in [6.45, 7) is 3.52. The van der Waals surface area contributed by atoms with Crippen LogP contribution in [-0.2, 0) is 6.42 Å². The Morgan fingerprint density at radius 2 is 2.00 bits per heavy atom. The maximum absolute atomic E-state index is 13.0. The van der Waals surface area contributed by atoms with Crippen LogP contribution >= 0.6 is 0 Å². The zero-order valence-electron chi connectivity index (χ0n) is 9.45. The maximum atomic E-state index is 13.0. The summed E-state index contributed by atoms with van der Waals surface area (Å²) in [6, 6.07) is 4.65. The van der Waals surface area contributed by atoms with E-state index < -0.39 is 5.82 Å². The van der Waals surface area contributed by atoms with E-state index in [1.54, 1.807) is 6.07 Å². The number of benzene rings is 1. The second-order valence-electron chi connectivity index (χ2n) is 4.44. The lowest BCUT2D eigenvalue weighted by molar-refractivity contribution is 0.334. The number of hydrogen-bond acceptors (Lipinski definition) is 2. The smallest absolute Gasteiger partial charge is 0.165 e. The first kappa shape index (κ1) is 11.4. The summed E-state index contributed by atoms with van der Waals surface area (Å²) in [6.07, 6.45) is 4.57. The van der Waals surface area contributed by atoms with Crippen molar-refractivity contribution in [3.63, 3.8) is 0 Å². The zero-order valence-corrected chi connectivity index (χ0v) is 9.45. The molecule has 0 aliphatic carbocycles. The van der Waals surface area contributed by atoms with E-state index in [4.69, 9.17) is 5.11 Å². The minimum absolute atomic E-state index is 0.261. The van der Waals surface area contributed by atoms with Crippen LogP contribution in [0.25, 0.3) is 0 Å². The average Bonchev–Trinajstić information content (AvgIpc) is 2.76. The predicted octanol–water partition coefficient (Wildman–Crippen LogP) is 2.56.